The Bertz CT molecular complexity index is 2840. The molecule has 2 amide bonds. The van der Waals surface area contributed by atoms with E-state index in [2.05, 4.69) is 22.5 Å². The Hall–Kier alpha value is -5.56. The SMILES string of the molecule is C=c1cc2c(cc1S(=O)(=O)O)=C(c1ccccc1S(=O)(=O)O)c1cc(S(=O)(=O)O)c(Nc3c(C)cc(C)c(NC(=O)NCc4ccccc4)c3C)cc1O2. The van der Waals surface area contributed by atoms with E-state index >= 15 is 0 Å². The molecular weight excluding hydrogens is 759 g/mol. The Morgan fingerprint density at radius 1 is 0.685 bits per heavy atom. The molecule has 17 heteroatoms. The highest BCUT2D eigenvalue weighted by Gasteiger charge is 2.30. The highest BCUT2D eigenvalue weighted by atomic mass is 32.2. The third-order valence-electron chi connectivity index (χ3n) is 8.76. The lowest BCUT2D eigenvalue weighted by Crippen LogP contribution is -2.29. The molecule has 5 aromatic carbocycles. The van der Waals surface area contributed by atoms with Gasteiger partial charge in [0.2, 0.25) is 0 Å². The Morgan fingerprint density at radius 2 is 1.30 bits per heavy atom. The molecule has 0 saturated carbocycles. The second kappa shape index (κ2) is 14.0. The second-order valence-electron chi connectivity index (χ2n) is 12.5. The van der Waals surface area contributed by atoms with Crippen LogP contribution in [0, 0.1) is 20.8 Å². The van der Waals surface area contributed by atoms with Crippen LogP contribution in [-0.2, 0) is 36.9 Å². The minimum Gasteiger partial charge on any atom is -0.456 e. The van der Waals surface area contributed by atoms with Gasteiger partial charge in [0.05, 0.1) is 11.4 Å². The summed E-state index contributed by atoms with van der Waals surface area (Å²) in [7, 11) is -14.9. The molecular formula is C37H33N3O11S3. The van der Waals surface area contributed by atoms with Crippen molar-refractivity contribution in [3.8, 4) is 11.5 Å². The van der Waals surface area contributed by atoms with E-state index in [-0.39, 0.29) is 50.9 Å². The van der Waals surface area contributed by atoms with Crippen LogP contribution in [-0.4, -0.2) is 44.9 Å². The van der Waals surface area contributed by atoms with Gasteiger partial charge in [-0.15, -0.1) is 0 Å². The van der Waals surface area contributed by atoms with E-state index in [0.29, 0.717) is 28.1 Å². The Labute approximate surface area is 311 Å². The highest BCUT2D eigenvalue weighted by molar-refractivity contribution is 7.86. The van der Waals surface area contributed by atoms with Gasteiger partial charge >= 0.3 is 6.03 Å². The maximum absolute atomic E-state index is 13.0. The number of hydrogen-bond donors (Lipinski definition) is 6. The lowest BCUT2D eigenvalue weighted by Gasteiger charge is -2.25. The van der Waals surface area contributed by atoms with Crippen LogP contribution < -0.4 is 31.1 Å². The average Bonchev–Trinajstić information content (AvgIpc) is 3.08. The number of anilines is 3. The fraction of sp³-hybridized carbons (Fsp3) is 0.108. The van der Waals surface area contributed by atoms with Gasteiger partial charge in [0.1, 0.15) is 26.2 Å². The van der Waals surface area contributed by atoms with Crippen LogP contribution in [0.15, 0.2) is 99.6 Å². The molecule has 1 heterocycles. The maximum Gasteiger partial charge on any atom is 0.319 e. The number of carbonyl (C=O) groups is 1. The van der Waals surface area contributed by atoms with Crippen molar-refractivity contribution < 1.29 is 48.4 Å². The quantitative estimate of drug-likeness (QED) is 0.104. The van der Waals surface area contributed by atoms with Gasteiger partial charge in [-0.25, -0.2) is 4.79 Å². The number of amides is 2. The average molecular weight is 792 g/mol. The van der Waals surface area contributed by atoms with Gasteiger partial charge in [-0.3, -0.25) is 13.7 Å². The van der Waals surface area contributed by atoms with Gasteiger partial charge in [-0.2, -0.15) is 25.3 Å². The summed E-state index contributed by atoms with van der Waals surface area (Å²) in [4.78, 5) is 11.0. The molecule has 0 spiro atoms. The first kappa shape index (κ1) is 38.2. The van der Waals surface area contributed by atoms with E-state index in [1.807, 2.05) is 30.3 Å². The van der Waals surface area contributed by atoms with Crippen LogP contribution >= 0.6 is 0 Å². The molecule has 0 saturated heterocycles. The second-order valence-corrected chi connectivity index (χ2v) is 16.7. The van der Waals surface area contributed by atoms with E-state index in [1.54, 1.807) is 26.8 Å². The highest BCUT2D eigenvalue weighted by Crippen LogP contribution is 2.44. The van der Waals surface area contributed by atoms with Crippen molar-refractivity contribution in [3.63, 3.8) is 0 Å². The molecule has 0 unspecified atom stereocenters. The predicted octanol–water partition coefficient (Wildman–Crippen LogP) is 5.18. The van der Waals surface area contributed by atoms with Crippen molar-refractivity contribution in [2.45, 2.75) is 42.0 Å². The first-order valence-corrected chi connectivity index (χ1v) is 20.3. The molecule has 0 aromatic heterocycles. The zero-order chi connectivity index (χ0) is 39.3. The van der Waals surface area contributed by atoms with Crippen molar-refractivity contribution in [3.05, 3.63) is 129 Å². The smallest absolute Gasteiger partial charge is 0.319 e. The number of nitrogens with one attached hydrogen (secondary N) is 3. The summed E-state index contributed by atoms with van der Waals surface area (Å²) in [5, 5.41) is 8.43. The summed E-state index contributed by atoms with van der Waals surface area (Å²) in [6, 6.07) is 20.1. The number of hydrogen-bond acceptors (Lipinski definition) is 9. The van der Waals surface area contributed by atoms with E-state index in [9.17, 15) is 43.7 Å². The Balaban J connectivity index is 1.53. The largest absolute Gasteiger partial charge is 0.456 e. The minimum atomic E-state index is -5.07. The molecule has 6 rings (SSSR count). The zero-order valence-electron chi connectivity index (χ0n) is 28.8. The van der Waals surface area contributed by atoms with Crippen molar-refractivity contribution in [1.82, 2.24) is 5.32 Å². The van der Waals surface area contributed by atoms with Gasteiger partial charge in [-0.1, -0.05) is 61.2 Å². The molecule has 1 aliphatic rings. The standard InChI is InChI=1S/C37H33N3O11S3/c1-20-15-29-26(16-32(20)53(45,46)47)34(25-12-8-9-13-31(25)52(42,43)44)27-17-33(54(48,49)50)28(18-30(27)51-29)39-35-21(2)14-22(3)36(23(35)4)40-37(41)38-19-24-10-6-5-7-11-24/h5-18,39H,1,19H2,2-4H3,(H2,38,40,41)(H,42,43,44)(H,45,46,47)(H,48,49,50). The number of carbonyl (C=O) groups excluding carboxylic acids is 1. The Morgan fingerprint density at radius 3 is 1.94 bits per heavy atom. The van der Waals surface area contributed by atoms with Crippen LogP contribution in [0.25, 0.3) is 12.2 Å². The summed E-state index contributed by atoms with van der Waals surface area (Å²) in [6.45, 7) is 9.19. The summed E-state index contributed by atoms with van der Waals surface area (Å²) >= 11 is 0. The summed E-state index contributed by atoms with van der Waals surface area (Å²) in [6.07, 6.45) is 0. The van der Waals surface area contributed by atoms with Crippen molar-refractivity contribution in [2.75, 3.05) is 10.6 Å². The molecule has 54 heavy (non-hydrogen) atoms. The summed E-state index contributed by atoms with van der Waals surface area (Å²) in [5.74, 6) is -0.126. The number of aryl methyl sites for hydroxylation is 2. The van der Waals surface area contributed by atoms with Gasteiger partial charge in [0, 0.05) is 40.2 Å². The molecule has 6 N–H and O–H groups in total. The lowest BCUT2D eigenvalue weighted by atomic mass is 9.92. The Kier molecular flexibility index (Phi) is 9.91. The molecule has 14 nitrogen and oxygen atoms in total. The summed E-state index contributed by atoms with van der Waals surface area (Å²) in [5.41, 5.74) is 2.95. The monoisotopic (exact) mass is 791 g/mol. The molecule has 0 radical (unpaired) electrons. The van der Waals surface area contributed by atoms with E-state index in [0.717, 1.165) is 23.8 Å². The van der Waals surface area contributed by atoms with Crippen LogP contribution in [0.3, 0.4) is 0 Å². The van der Waals surface area contributed by atoms with Gasteiger partial charge < -0.3 is 20.7 Å². The van der Waals surface area contributed by atoms with Gasteiger partial charge in [0.25, 0.3) is 30.4 Å². The number of urea groups is 1. The van der Waals surface area contributed by atoms with Crippen molar-refractivity contribution in [2.24, 2.45) is 0 Å². The number of fused-ring (bicyclic) bond motifs is 2. The fourth-order valence-corrected chi connectivity index (χ4v) is 8.38. The molecule has 0 bridgehead atoms. The minimum absolute atomic E-state index is 0.0544. The molecule has 5 aromatic rings. The third-order valence-corrected chi connectivity index (χ3v) is 11.5. The normalized spacial score (nSPS) is 12.7. The fourth-order valence-electron chi connectivity index (χ4n) is 6.37. The van der Waals surface area contributed by atoms with E-state index in [4.69, 9.17) is 4.74 Å². The zero-order valence-corrected chi connectivity index (χ0v) is 31.3. The predicted molar refractivity (Wildman–Crippen MR) is 201 cm³/mol. The van der Waals surface area contributed by atoms with Gasteiger partial charge in [-0.05, 0) is 72.5 Å². The number of ether oxygens (including phenoxy) is 1. The molecule has 0 atom stereocenters. The molecule has 0 aliphatic carbocycles. The van der Waals surface area contributed by atoms with Crippen LogP contribution in [0.4, 0.5) is 21.9 Å². The van der Waals surface area contributed by atoms with E-state index in [1.165, 1.54) is 30.3 Å². The maximum atomic E-state index is 13.0. The first-order chi connectivity index (χ1) is 25.2. The van der Waals surface area contributed by atoms with Crippen LogP contribution in [0.2, 0.25) is 0 Å². The van der Waals surface area contributed by atoms with Gasteiger partial charge in [0.15, 0.2) is 0 Å². The van der Waals surface area contributed by atoms with Crippen LogP contribution in [0.5, 0.6) is 11.5 Å². The summed E-state index contributed by atoms with van der Waals surface area (Å²) < 4.78 is 113. The van der Waals surface area contributed by atoms with E-state index < -0.39 is 51.1 Å². The number of rotatable bonds is 9. The topological polar surface area (TPSA) is 225 Å². The molecule has 280 valence electrons. The number of benzene rings is 5. The van der Waals surface area contributed by atoms with Crippen molar-refractivity contribution >= 4 is 65.6 Å². The van der Waals surface area contributed by atoms with Crippen LogP contribution in [0.1, 0.15) is 33.4 Å². The third kappa shape index (κ3) is 7.58. The van der Waals surface area contributed by atoms with Crippen molar-refractivity contribution in [1.29, 1.82) is 0 Å². The molecule has 0 fully saturated rings. The lowest BCUT2D eigenvalue weighted by molar-refractivity contribution is 0.251. The molecule has 1 aliphatic heterocycles. The first-order valence-electron chi connectivity index (χ1n) is 16.0.